The Morgan fingerprint density at radius 1 is 0.774 bits per heavy atom. The fourth-order valence-corrected chi connectivity index (χ4v) is 7.79. The van der Waals surface area contributed by atoms with E-state index < -0.39 is 16.1 Å². The Hall–Kier alpha value is -2.51. The van der Waals surface area contributed by atoms with Crippen LogP contribution < -0.4 is 14.9 Å². The summed E-state index contributed by atoms with van der Waals surface area (Å²) in [4.78, 5) is 4.63. The summed E-state index contributed by atoms with van der Waals surface area (Å²) in [7, 11) is -1.03. The second-order valence-electron chi connectivity index (χ2n) is 10.5. The highest BCUT2D eigenvalue weighted by Crippen LogP contribution is 2.29. The van der Waals surface area contributed by atoms with Gasteiger partial charge in [0, 0.05) is 6.20 Å². The van der Waals surface area contributed by atoms with E-state index in [1.54, 1.807) is 0 Å². The molecule has 0 aliphatic carbocycles. The molecule has 2 aromatic carbocycles. The van der Waals surface area contributed by atoms with Crippen LogP contribution in [0, 0.1) is 6.92 Å². The van der Waals surface area contributed by atoms with Crippen molar-refractivity contribution in [2.45, 2.75) is 46.2 Å². The van der Waals surface area contributed by atoms with E-state index >= 15 is 0 Å². The lowest BCUT2D eigenvalue weighted by Crippen LogP contribution is -2.49. The van der Waals surface area contributed by atoms with Crippen molar-refractivity contribution in [3.63, 3.8) is 0 Å². The summed E-state index contributed by atoms with van der Waals surface area (Å²) in [6, 6.07) is 20.1. The molecule has 31 heavy (non-hydrogen) atoms. The minimum atomic E-state index is -1.61. The molecule has 0 unspecified atom stereocenters. The number of hydrogen-bond donors (Lipinski definition) is 0. The number of imidazole rings is 1. The maximum Gasteiger partial charge on any atom is 0.296 e. The molecule has 2 heterocycles. The molecule has 160 valence electrons. The Labute approximate surface area is 188 Å². The van der Waals surface area contributed by atoms with Gasteiger partial charge in [0.25, 0.3) is 5.82 Å². The van der Waals surface area contributed by atoms with Gasteiger partial charge in [-0.15, -0.1) is 0 Å². The van der Waals surface area contributed by atoms with Gasteiger partial charge >= 0.3 is 0 Å². The molecule has 0 saturated heterocycles. The molecule has 0 bridgehead atoms. The first kappa shape index (κ1) is 21.7. The van der Waals surface area contributed by atoms with Gasteiger partial charge in [0.2, 0.25) is 0 Å². The SMILES string of the molecule is Cc1ncccc1-c1n(-c2c([Si](C)(C)C)cccc2[Si](C)(C)C)c2ccccc2[n+]1C. The molecule has 4 aromatic rings. The first-order chi connectivity index (χ1) is 14.5. The summed E-state index contributed by atoms with van der Waals surface area (Å²) < 4.78 is 4.88. The summed E-state index contributed by atoms with van der Waals surface area (Å²) in [5.74, 6) is 1.21. The molecule has 0 radical (unpaired) electrons. The van der Waals surface area contributed by atoms with Crippen LogP contribution >= 0.6 is 0 Å². The zero-order chi connectivity index (χ0) is 22.6. The summed E-state index contributed by atoms with van der Waals surface area (Å²) in [6.07, 6.45) is 1.88. The normalized spacial score (nSPS) is 12.5. The van der Waals surface area contributed by atoms with Gasteiger partial charge in [-0.25, -0.2) is 4.57 Å². The fourth-order valence-electron chi connectivity index (χ4n) is 4.56. The Balaban J connectivity index is 2.26. The number of para-hydroxylation sites is 3. The highest BCUT2D eigenvalue weighted by Gasteiger charge is 2.36. The highest BCUT2D eigenvalue weighted by molar-refractivity contribution is 6.93. The lowest BCUT2D eigenvalue weighted by Gasteiger charge is -2.26. The van der Waals surface area contributed by atoms with Crippen molar-refractivity contribution < 1.29 is 4.57 Å². The second kappa shape index (κ2) is 7.57. The van der Waals surface area contributed by atoms with Crippen LogP contribution in [0.25, 0.3) is 28.1 Å². The van der Waals surface area contributed by atoms with Crippen LogP contribution in [0.5, 0.6) is 0 Å². The molecule has 2 aromatic heterocycles. The number of pyridine rings is 1. The van der Waals surface area contributed by atoms with Crippen LogP contribution in [0.2, 0.25) is 39.3 Å². The molecular weight excluding hydrogens is 410 g/mol. The molecule has 0 atom stereocenters. The molecule has 0 aliphatic rings. The molecule has 4 rings (SSSR count). The number of hydrogen-bond acceptors (Lipinski definition) is 1. The van der Waals surface area contributed by atoms with E-state index in [1.807, 2.05) is 12.3 Å². The van der Waals surface area contributed by atoms with Crippen LogP contribution in [-0.4, -0.2) is 25.7 Å². The van der Waals surface area contributed by atoms with Crippen molar-refractivity contribution in [3.05, 3.63) is 66.5 Å². The van der Waals surface area contributed by atoms with E-state index in [1.165, 1.54) is 38.5 Å². The van der Waals surface area contributed by atoms with Crippen molar-refractivity contribution in [3.8, 4) is 17.1 Å². The summed E-state index contributed by atoms with van der Waals surface area (Å²) in [5, 5.41) is 3.05. The molecule has 0 N–H and O–H groups in total. The molecule has 0 aliphatic heterocycles. The largest absolute Gasteiger partial charge is 0.296 e. The van der Waals surface area contributed by atoms with E-state index in [-0.39, 0.29) is 0 Å². The topological polar surface area (TPSA) is 21.7 Å². The Morgan fingerprint density at radius 3 is 1.97 bits per heavy atom. The first-order valence-corrected chi connectivity index (χ1v) is 18.1. The highest BCUT2D eigenvalue weighted by atomic mass is 28.3. The van der Waals surface area contributed by atoms with E-state index in [0.29, 0.717) is 0 Å². The smallest absolute Gasteiger partial charge is 0.261 e. The van der Waals surface area contributed by atoms with E-state index in [2.05, 4.69) is 116 Å². The number of nitrogens with zero attached hydrogens (tertiary/aromatic N) is 3. The first-order valence-electron chi connectivity index (χ1n) is 11.1. The zero-order valence-electron chi connectivity index (χ0n) is 20.1. The maximum absolute atomic E-state index is 4.63. The molecule has 0 spiro atoms. The third kappa shape index (κ3) is 3.70. The predicted octanol–water partition coefficient (Wildman–Crippen LogP) is 4.92. The van der Waals surface area contributed by atoms with E-state index in [4.69, 9.17) is 0 Å². The number of aryl methyl sites for hydroxylation is 2. The van der Waals surface area contributed by atoms with Gasteiger partial charge in [-0.3, -0.25) is 4.98 Å². The average Bonchev–Trinajstić information content (AvgIpc) is 2.99. The maximum atomic E-state index is 4.63. The van der Waals surface area contributed by atoms with Crippen LogP contribution in [0.4, 0.5) is 0 Å². The third-order valence-electron chi connectivity index (χ3n) is 6.14. The van der Waals surface area contributed by atoms with Crippen LogP contribution in [0.15, 0.2) is 60.8 Å². The van der Waals surface area contributed by atoms with E-state index in [9.17, 15) is 0 Å². The lowest BCUT2D eigenvalue weighted by molar-refractivity contribution is -0.633. The average molecular weight is 445 g/mol. The van der Waals surface area contributed by atoms with Crippen LogP contribution in [0.3, 0.4) is 0 Å². The zero-order valence-corrected chi connectivity index (χ0v) is 22.1. The standard InChI is InChI=1S/C26H34N3Si2/c1-19-20(13-12-18-27-19)26-28(2)21-14-9-10-15-22(21)29(26)25-23(30(3,4)5)16-11-17-24(25)31(6,7)8/h9-18H,1-8H3/q+1. The minimum absolute atomic E-state index is 1.06. The van der Waals surface area contributed by atoms with Crippen molar-refractivity contribution in [2.24, 2.45) is 7.05 Å². The molecule has 0 fully saturated rings. The lowest BCUT2D eigenvalue weighted by atomic mass is 10.2. The predicted molar refractivity (Wildman–Crippen MR) is 138 cm³/mol. The third-order valence-corrected chi connectivity index (χ3v) is 10.2. The van der Waals surface area contributed by atoms with Gasteiger partial charge in [-0.05, 0) is 41.6 Å². The molecular formula is C26H34N3Si2+. The Morgan fingerprint density at radius 2 is 1.39 bits per heavy atom. The fraction of sp³-hybridized carbons (Fsp3) is 0.308. The number of aromatic nitrogens is 3. The van der Waals surface area contributed by atoms with Crippen LogP contribution in [-0.2, 0) is 7.05 Å². The summed E-state index contributed by atoms with van der Waals surface area (Å²) in [5.41, 5.74) is 6.16. The van der Waals surface area contributed by atoms with Gasteiger partial charge in [0.1, 0.15) is 5.69 Å². The summed E-state index contributed by atoms with van der Waals surface area (Å²) in [6.45, 7) is 16.9. The van der Waals surface area contributed by atoms with Crippen molar-refractivity contribution >= 4 is 37.6 Å². The number of fused-ring (bicyclic) bond motifs is 1. The van der Waals surface area contributed by atoms with Crippen LogP contribution in [0.1, 0.15) is 5.69 Å². The van der Waals surface area contributed by atoms with Gasteiger partial charge in [0.05, 0.1) is 34.5 Å². The van der Waals surface area contributed by atoms with Gasteiger partial charge in [-0.2, -0.15) is 4.57 Å². The van der Waals surface area contributed by atoms with Gasteiger partial charge < -0.3 is 0 Å². The monoisotopic (exact) mass is 444 g/mol. The minimum Gasteiger partial charge on any atom is -0.261 e. The Bertz CT molecular complexity index is 1240. The Kier molecular flexibility index (Phi) is 5.30. The molecule has 0 amide bonds. The van der Waals surface area contributed by atoms with E-state index in [0.717, 1.165) is 5.69 Å². The van der Waals surface area contributed by atoms with Gasteiger partial charge in [-0.1, -0.05) is 69.6 Å². The quantitative estimate of drug-likeness (QED) is 0.323. The van der Waals surface area contributed by atoms with Gasteiger partial charge in [0.15, 0.2) is 11.0 Å². The number of rotatable bonds is 4. The van der Waals surface area contributed by atoms with Crippen molar-refractivity contribution in [1.82, 2.24) is 9.55 Å². The van der Waals surface area contributed by atoms with Crippen molar-refractivity contribution in [1.29, 1.82) is 0 Å². The second-order valence-corrected chi connectivity index (χ2v) is 20.6. The number of benzene rings is 2. The van der Waals surface area contributed by atoms with Crippen molar-refractivity contribution in [2.75, 3.05) is 0 Å². The summed E-state index contributed by atoms with van der Waals surface area (Å²) >= 11 is 0. The molecule has 0 saturated carbocycles. The molecule has 3 nitrogen and oxygen atoms in total. The molecule has 5 heteroatoms.